The minimum atomic E-state index is -4.40. The molecular formula is C24H34F3N4U-. The Labute approximate surface area is 213 Å². The second kappa shape index (κ2) is 16.2. The molecule has 2 rings (SSSR count). The van der Waals surface area contributed by atoms with E-state index in [0.29, 0.717) is 22.7 Å². The van der Waals surface area contributed by atoms with Crippen molar-refractivity contribution in [3.63, 3.8) is 0 Å². The number of hydrogen-bond acceptors (Lipinski definition) is 4. The van der Waals surface area contributed by atoms with Gasteiger partial charge in [0.15, 0.2) is 0 Å². The summed E-state index contributed by atoms with van der Waals surface area (Å²) in [4.78, 5) is 8.45. The molecule has 0 spiro atoms. The summed E-state index contributed by atoms with van der Waals surface area (Å²) in [6, 6.07) is 5.68. The molecule has 0 saturated heterocycles. The van der Waals surface area contributed by atoms with Gasteiger partial charge >= 0.3 is 6.18 Å². The number of allylic oxidation sites excluding steroid dienone is 2. The number of alkyl halides is 3. The maximum Gasteiger partial charge on any atom is 0.381 e. The standard InChI is InChI=1S/C15H14F3N4.C9H20.U/c1-9(19)8-13-12(20)6-7-21-14(22-13)10-2-4-11(5-3-10)15(16,17)18;1-3-5-7-9-8-6-4-2;/h2,4-6,8H,7,19-20H2,1H3;3-9H2,1-2H3;/q-1;;/b9-8-;;. The van der Waals surface area contributed by atoms with Gasteiger partial charge in [0.1, 0.15) is 0 Å². The zero-order valence-corrected chi connectivity index (χ0v) is 23.4. The van der Waals surface area contributed by atoms with Crippen LogP contribution in [-0.2, 0) is 6.18 Å². The van der Waals surface area contributed by atoms with Crippen molar-refractivity contribution in [3.8, 4) is 0 Å². The van der Waals surface area contributed by atoms with Gasteiger partial charge in [0.2, 0.25) is 0 Å². The van der Waals surface area contributed by atoms with Crippen molar-refractivity contribution in [3.05, 3.63) is 58.9 Å². The predicted molar refractivity (Wildman–Crippen MR) is 123 cm³/mol. The molecule has 4 nitrogen and oxygen atoms in total. The van der Waals surface area contributed by atoms with Crippen LogP contribution >= 0.6 is 0 Å². The van der Waals surface area contributed by atoms with Crippen LogP contribution in [0.2, 0.25) is 0 Å². The van der Waals surface area contributed by atoms with Crippen LogP contribution in [0.3, 0.4) is 0 Å². The van der Waals surface area contributed by atoms with Gasteiger partial charge in [-0.1, -0.05) is 58.8 Å². The predicted octanol–water partition coefficient (Wildman–Crippen LogP) is 6.17. The molecule has 1 aromatic rings. The smallest absolute Gasteiger partial charge is 0.381 e. The first-order chi connectivity index (χ1) is 14.7. The minimum absolute atomic E-state index is 0. The van der Waals surface area contributed by atoms with E-state index >= 15 is 0 Å². The summed E-state index contributed by atoms with van der Waals surface area (Å²) < 4.78 is 37.7. The summed E-state index contributed by atoms with van der Waals surface area (Å²) in [5.41, 5.74) is 12.4. The number of hydrogen-bond donors (Lipinski definition) is 2. The summed E-state index contributed by atoms with van der Waals surface area (Å²) in [6.07, 6.45) is 8.81. The van der Waals surface area contributed by atoms with Crippen molar-refractivity contribution in [1.82, 2.24) is 0 Å². The fraction of sp³-hybridized carbons (Fsp3) is 0.500. The van der Waals surface area contributed by atoms with Gasteiger partial charge in [-0.3, -0.25) is 4.99 Å². The maximum atomic E-state index is 12.6. The molecule has 0 atom stereocenters. The molecule has 1 aromatic carbocycles. The molecule has 0 saturated carbocycles. The molecule has 0 fully saturated rings. The number of aliphatic imine (C=N–C) groups is 2. The van der Waals surface area contributed by atoms with Crippen molar-refractivity contribution in [2.75, 3.05) is 6.54 Å². The molecular weight excluding hydrogens is 639 g/mol. The zero-order valence-electron chi connectivity index (χ0n) is 19.2. The van der Waals surface area contributed by atoms with Crippen molar-refractivity contribution >= 4 is 11.5 Å². The first-order valence-corrected chi connectivity index (χ1v) is 10.8. The Morgan fingerprint density at radius 2 is 1.69 bits per heavy atom. The summed E-state index contributed by atoms with van der Waals surface area (Å²) in [7, 11) is 0. The molecule has 32 heavy (non-hydrogen) atoms. The van der Waals surface area contributed by atoms with Gasteiger partial charge in [-0.15, -0.1) is 29.8 Å². The fourth-order valence-corrected chi connectivity index (χ4v) is 2.80. The topological polar surface area (TPSA) is 76.8 Å². The molecule has 0 unspecified atom stereocenters. The van der Waals surface area contributed by atoms with Crippen molar-refractivity contribution in [1.29, 1.82) is 0 Å². The van der Waals surface area contributed by atoms with Crippen molar-refractivity contribution in [2.24, 2.45) is 21.5 Å². The van der Waals surface area contributed by atoms with E-state index in [9.17, 15) is 13.2 Å². The summed E-state index contributed by atoms with van der Waals surface area (Å²) >= 11 is 0. The first-order valence-electron chi connectivity index (χ1n) is 10.8. The summed E-state index contributed by atoms with van der Waals surface area (Å²) in [5.74, 6) is 0.262. The fourth-order valence-electron chi connectivity index (χ4n) is 2.80. The van der Waals surface area contributed by atoms with E-state index in [4.69, 9.17) is 11.5 Å². The number of nitrogens with zero attached hydrogens (tertiary/aromatic N) is 2. The van der Waals surface area contributed by atoms with Gasteiger partial charge in [-0.25, -0.2) is 0 Å². The number of amidine groups is 1. The van der Waals surface area contributed by atoms with Crippen LogP contribution in [0.5, 0.6) is 0 Å². The molecule has 0 amide bonds. The Morgan fingerprint density at radius 3 is 2.16 bits per heavy atom. The van der Waals surface area contributed by atoms with Crippen LogP contribution in [0, 0.1) is 37.2 Å². The number of unbranched alkanes of at least 4 members (excludes halogenated alkanes) is 6. The summed E-state index contributed by atoms with van der Waals surface area (Å²) in [6.45, 7) is 6.49. The van der Waals surface area contributed by atoms with Crippen molar-refractivity contribution in [2.45, 2.75) is 71.9 Å². The second-order valence-corrected chi connectivity index (χ2v) is 7.47. The Hall–Kier alpha value is -1.52. The van der Waals surface area contributed by atoms with E-state index in [1.165, 1.54) is 51.0 Å². The molecule has 176 valence electrons. The van der Waals surface area contributed by atoms with Crippen LogP contribution in [0.15, 0.2) is 51.7 Å². The Bertz CT molecular complexity index is 784. The van der Waals surface area contributed by atoms with Crippen LogP contribution in [0.4, 0.5) is 13.2 Å². The number of nitrogens with two attached hydrogens (primary N) is 2. The van der Waals surface area contributed by atoms with E-state index in [0.717, 1.165) is 12.1 Å². The SMILES string of the molecule is C/C(N)=C/C1=NC(c2[c-]cc(C(F)(F)F)cc2)=NCC=C1N.CCCCCCCCC.[U]. The second-order valence-electron chi connectivity index (χ2n) is 7.47. The van der Waals surface area contributed by atoms with Gasteiger partial charge in [0, 0.05) is 36.8 Å². The van der Waals surface area contributed by atoms with Crippen molar-refractivity contribution < 1.29 is 44.3 Å². The zero-order chi connectivity index (χ0) is 23.3. The molecule has 8 heteroatoms. The van der Waals surface area contributed by atoms with Gasteiger partial charge in [0.25, 0.3) is 0 Å². The number of halogens is 3. The minimum Gasteiger partial charge on any atom is -0.402 e. The Kier molecular flexibility index (Phi) is 15.4. The Balaban J connectivity index is 0.000000821. The normalized spacial score (nSPS) is 14.2. The largest absolute Gasteiger partial charge is 0.402 e. The number of benzene rings is 1. The molecule has 4 N–H and O–H groups in total. The van der Waals surface area contributed by atoms with Gasteiger partial charge in [-0.2, -0.15) is 13.2 Å². The van der Waals surface area contributed by atoms with Crippen LogP contribution in [0.1, 0.15) is 76.8 Å². The average Bonchev–Trinajstić information content (AvgIpc) is 2.89. The quantitative estimate of drug-likeness (QED) is 0.256. The maximum absolute atomic E-state index is 12.6. The molecule has 0 bridgehead atoms. The average molecular weight is 674 g/mol. The molecule has 1 heterocycles. The van der Waals surface area contributed by atoms with Crippen LogP contribution in [-0.4, -0.2) is 18.1 Å². The van der Waals surface area contributed by atoms with E-state index in [2.05, 4.69) is 29.9 Å². The molecule has 1 aliphatic rings. The van der Waals surface area contributed by atoms with Crippen LogP contribution in [0.25, 0.3) is 0 Å². The van der Waals surface area contributed by atoms with Gasteiger partial charge < -0.3 is 16.5 Å². The molecule has 0 radical (unpaired) electrons. The monoisotopic (exact) mass is 673 g/mol. The molecule has 0 aliphatic carbocycles. The Morgan fingerprint density at radius 1 is 1.09 bits per heavy atom. The van der Waals surface area contributed by atoms with E-state index < -0.39 is 11.7 Å². The van der Waals surface area contributed by atoms with Crippen LogP contribution < -0.4 is 11.5 Å². The molecule has 1 aliphatic heterocycles. The van der Waals surface area contributed by atoms with Gasteiger partial charge in [0.05, 0.1) is 23.8 Å². The third-order valence-electron chi connectivity index (χ3n) is 4.53. The van der Waals surface area contributed by atoms with E-state index in [1.807, 2.05) is 0 Å². The number of rotatable bonds is 8. The third-order valence-corrected chi connectivity index (χ3v) is 4.53. The van der Waals surface area contributed by atoms with E-state index in [-0.39, 0.29) is 43.5 Å². The third kappa shape index (κ3) is 11.9. The molecule has 0 aromatic heterocycles. The van der Waals surface area contributed by atoms with Gasteiger partial charge in [-0.05, 0) is 24.6 Å². The first kappa shape index (κ1) is 30.5. The van der Waals surface area contributed by atoms with E-state index in [1.54, 1.807) is 19.1 Å². The summed E-state index contributed by atoms with van der Waals surface area (Å²) in [5, 5.41) is 0.